The van der Waals surface area contributed by atoms with Gasteiger partial charge in [0.25, 0.3) is 5.91 Å². The van der Waals surface area contributed by atoms with Crippen LogP contribution in [0.25, 0.3) is 0 Å². The lowest BCUT2D eigenvalue weighted by Crippen LogP contribution is -2.43. The Morgan fingerprint density at radius 1 is 1.27 bits per heavy atom. The Bertz CT molecular complexity index is 834. The van der Waals surface area contributed by atoms with Gasteiger partial charge in [-0.15, -0.1) is 0 Å². The second-order valence-electron chi connectivity index (χ2n) is 8.47. The maximum Gasteiger partial charge on any atom is 0.490 e. The number of rotatable bonds is 4. The molecule has 0 saturated carbocycles. The largest absolute Gasteiger partial charge is 0.490 e. The van der Waals surface area contributed by atoms with Crippen molar-refractivity contribution < 1.29 is 37.4 Å². The lowest BCUT2D eigenvalue weighted by molar-refractivity contribution is -0.192. The number of fused-ring (bicyclic) bond motifs is 1. The molecule has 2 aliphatic rings. The summed E-state index contributed by atoms with van der Waals surface area (Å²) in [7, 11) is 0. The Morgan fingerprint density at radius 2 is 1.94 bits per heavy atom. The second kappa shape index (κ2) is 11.0. The lowest BCUT2D eigenvalue weighted by atomic mass is 9.75. The molecule has 2 saturated heterocycles. The van der Waals surface area contributed by atoms with E-state index in [2.05, 4.69) is 23.7 Å². The van der Waals surface area contributed by atoms with E-state index in [0.29, 0.717) is 31.4 Å². The number of alkyl halides is 3. The third kappa shape index (κ3) is 6.43. The van der Waals surface area contributed by atoms with Gasteiger partial charge in [0.2, 0.25) is 0 Å². The average Bonchev–Trinajstić information content (AvgIpc) is 3.03. The number of esters is 1. The van der Waals surface area contributed by atoms with Gasteiger partial charge in [-0.3, -0.25) is 19.5 Å². The van der Waals surface area contributed by atoms with Crippen LogP contribution in [0.3, 0.4) is 0 Å². The van der Waals surface area contributed by atoms with E-state index in [1.807, 2.05) is 24.0 Å². The van der Waals surface area contributed by atoms with Crippen LogP contribution in [0, 0.1) is 11.3 Å². The van der Waals surface area contributed by atoms with E-state index in [0.717, 1.165) is 25.9 Å². The highest BCUT2D eigenvalue weighted by Gasteiger charge is 2.54. The lowest BCUT2D eigenvalue weighted by Gasteiger charge is -2.31. The fraction of sp³-hybridized carbons (Fsp3) is 0.636. The zero-order valence-electron chi connectivity index (χ0n) is 19.0. The number of nitrogens with zero attached hydrogens (tertiary/aromatic N) is 3. The van der Waals surface area contributed by atoms with E-state index in [9.17, 15) is 22.8 Å². The molecule has 11 heteroatoms. The quantitative estimate of drug-likeness (QED) is 0.672. The van der Waals surface area contributed by atoms with Crippen molar-refractivity contribution in [2.24, 2.45) is 11.3 Å². The highest BCUT2D eigenvalue weighted by Crippen LogP contribution is 2.44. The van der Waals surface area contributed by atoms with Gasteiger partial charge in [0, 0.05) is 44.3 Å². The fourth-order valence-corrected chi connectivity index (χ4v) is 4.31. The van der Waals surface area contributed by atoms with Crippen molar-refractivity contribution in [1.29, 1.82) is 0 Å². The molecule has 3 heterocycles. The molecule has 1 aromatic rings. The average molecular weight is 473 g/mol. The number of hydrogen-bond acceptors (Lipinski definition) is 6. The van der Waals surface area contributed by atoms with Crippen LogP contribution in [0.5, 0.6) is 0 Å². The number of carbonyl (C=O) groups excluding carboxylic acids is 2. The zero-order chi connectivity index (χ0) is 24.8. The van der Waals surface area contributed by atoms with Crippen molar-refractivity contribution in [2.75, 3.05) is 32.8 Å². The van der Waals surface area contributed by atoms with E-state index < -0.39 is 17.6 Å². The number of aliphatic carboxylic acids is 1. The normalized spacial score (nSPS) is 23.2. The van der Waals surface area contributed by atoms with Crippen molar-refractivity contribution in [2.45, 2.75) is 45.8 Å². The minimum absolute atomic E-state index is 0.0479. The fourth-order valence-electron chi connectivity index (χ4n) is 4.31. The van der Waals surface area contributed by atoms with Gasteiger partial charge in [0.15, 0.2) is 0 Å². The van der Waals surface area contributed by atoms with Gasteiger partial charge in [0.1, 0.15) is 5.69 Å². The standard InChI is InChI=1S/C20H29N3O3.C2HF3O2/c1-4-26-19(25)20-9-7-11-22(18(24)17-8-5-6-10-21-17)12-16(20)13-23(14-20)15(2)3;3-2(4,5)1(6)7/h5-6,8,10,15-16H,4,7,9,11-14H2,1-3H3;(H,6,7)/t16-,20-;/m0./s1. The van der Waals surface area contributed by atoms with Crippen molar-refractivity contribution in [1.82, 2.24) is 14.8 Å². The molecule has 1 N–H and O–H groups in total. The molecule has 0 aromatic carbocycles. The number of hydrogen-bond donors (Lipinski definition) is 1. The van der Waals surface area contributed by atoms with Gasteiger partial charge in [-0.1, -0.05) is 6.07 Å². The number of ether oxygens (including phenoxy) is 1. The Kier molecular flexibility index (Phi) is 8.82. The zero-order valence-corrected chi connectivity index (χ0v) is 19.0. The highest BCUT2D eigenvalue weighted by molar-refractivity contribution is 5.92. The third-order valence-electron chi connectivity index (χ3n) is 6.04. The topological polar surface area (TPSA) is 100 Å². The molecule has 0 unspecified atom stereocenters. The number of pyridine rings is 1. The van der Waals surface area contributed by atoms with Gasteiger partial charge in [-0.2, -0.15) is 13.2 Å². The predicted molar refractivity (Wildman–Crippen MR) is 112 cm³/mol. The molecular weight excluding hydrogens is 443 g/mol. The first kappa shape index (κ1) is 26.6. The minimum atomic E-state index is -5.08. The molecule has 2 fully saturated rings. The summed E-state index contributed by atoms with van der Waals surface area (Å²) in [6.45, 7) is 9.34. The summed E-state index contributed by atoms with van der Waals surface area (Å²) in [6, 6.07) is 5.76. The molecule has 0 radical (unpaired) electrons. The van der Waals surface area contributed by atoms with Crippen molar-refractivity contribution in [3.63, 3.8) is 0 Å². The molecule has 1 amide bonds. The third-order valence-corrected chi connectivity index (χ3v) is 6.04. The van der Waals surface area contributed by atoms with Gasteiger partial charge in [-0.25, -0.2) is 4.79 Å². The number of likely N-dealkylation sites (tertiary alicyclic amines) is 2. The van der Waals surface area contributed by atoms with Crippen LogP contribution in [0.4, 0.5) is 13.2 Å². The van der Waals surface area contributed by atoms with Crippen LogP contribution in [0.1, 0.15) is 44.1 Å². The summed E-state index contributed by atoms with van der Waals surface area (Å²) in [6.07, 6.45) is -1.87. The predicted octanol–water partition coefficient (Wildman–Crippen LogP) is 2.84. The maximum atomic E-state index is 12.9. The monoisotopic (exact) mass is 473 g/mol. The van der Waals surface area contributed by atoms with Crippen LogP contribution >= 0.6 is 0 Å². The molecule has 33 heavy (non-hydrogen) atoms. The van der Waals surface area contributed by atoms with Crippen LogP contribution in [-0.4, -0.2) is 82.7 Å². The van der Waals surface area contributed by atoms with E-state index in [1.165, 1.54) is 0 Å². The first-order valence-electron chi connectivity index (χ1n) is 10.8. The number of carboxylic acids is 1. The Labute approximate surface area is 190 Å². The van der Waals surface area contributed by atoms with E-state index in [-0.39, 0.29) is 17.8 Å². The van der Waals surface area contributed by atoms with Crippen LogP contribution in [-0.2, 0) is 14.3 Å². The molecule has 0 aliphatic carbocycles. The van der Waals surface area contributed by atoms with Crippen LogP contribution < -0.4 is 0 Å². The van der Waals surface area contributed by atoms with E-state index >= 15 is 0 Å². The smallest absolute Gasteiger partial charge is 0.475 e. The van der Waals surface area contributed by atoms with Crippen molar-refractivity contribution in [3.8, 4) is 0 Å². The van der Waals surface area contributed by atoms with E-state index in [1.54, 1.807) is 12.3 Å². The Balaban J connectivity index is 0.000000479. The van der Waals surface area contributed by atoms with Crippen LogP contribution in [0.2, 0.25) is 0 Å². The molecule has 0 spiro atoms. The van der Waals surface area contributed by atoms with Crippen molar-refractivity contribution in [3.05, 3.63) is 30.1 Å². The molecular formula is C22H30F3N3O5. The summed E-state index contributed by atoms with van der Waals surface area (Å²) in [5.41, 5.74) is -0.0331. The molecule has 0 bridgehead atoms. The molecule has 3 rings (SSSR count). The molecule has 184 valence electrons. The van der Waals surface area contributed by atoms with E-state index in [4.69, 9.17) is 14.6 Å². The molecule has 2 aliphatic heterocycles. The second-order valence-corrected chi connectivity index (χ2v) is 8.47. The summed E-state index contributed by atoms with van der Waals surface area (Å²) < 4.78 is 37.2. The molecule has 8 nitrogen and oxygen atoms in total. The summed E-state index contributed by atoms with van der Waals surface area (Å²) in [5.74, 6) is -2.81. The highest BCUT2D eigenvalue weighted by atomic mass is 19.4. The maximum absolute atomic E-state index is 12.9. The number of aromatic nitrogens is 1. The van der Waals surface area contributed by atoms with Gasteiger partial charge >= 0.3 is 18.1 Å². The number of amides is 1. The van der Waals surface area contributed by atoms with Gasteiger partial charge in [0.05, 0.1) is 12.0 Å². The van der Waals surface area contributed by atoms with Gasteiger partial charge in [-0.05, 0) is 45.7 Å². The SMILES string of the molecule is CCOC(=O)[C@]12CCCN(C(=O)c3ccccn3)C[C@H]1CN(C(C)C)C2.O=C(O)C(F)(F)F. The summed E-state index contributed by atoms with van der Waals surface area (Å²) in [4.78, 5) is 43.1. The molecule has 2 atom stereocenters. The summed E-state index contributed by atoms with van der Waals surface area (Å²) >= 11 is 0. The summed E-state index contributed by atoms with van der Waals surface area (Å²) in [5, 5.41) is 7.12. The minimum Gasteiger partial charge on any atom is -0.475 e. The number of carbonyl (C=O) groups is 3. The van der Waals surface area contributed by atoms with Gasteiger partial charge < -0.3 is 14.7 Å². The number of carboxylic acid groups (broad SMARTS) is 1. The first-order chi connectivity index (χ1) is 15.4. The Hall–Kier alpha value is -2.69. The first-order valence-corrected chi connectivity index (χ1v) is 10.8. The number of halogens is 3. The van der Waals surface area contributed by atoms with Crippen molar-refractivity contribution >= 4 is 17.8 Å². The Morgan fingerprint density at radius 3 is 2.45 bits per heavy atom. The molecule has 1 aromatic heterocycles. The van der Waals surface area contributed by atoms with Crippen LogP contribution in [0.15, 0.2) is 24.4 Å².